The second-order valence-corrected chi connectivity index (χ2v) is 7.44. The number of carbonyl (C=O) groups excluding carboxylic acids is 1. The molecule has 2 unspecified atom stereocenters. The molecule has 1 saturated heterocycles. The molecule has 1 aliphatic carbocycles. The standard InChI is InChI=1S/C16H24N2OS.ClH/c1-11-10-18(8-7-13(11)17)16(19)15-9-12-5-3-2-4-6-14(12)20-15;/h9,11,13H,2-8,10,17H2,1H3;1H. The Hall–Kier alpha value is -0.580. The van der Waals surface area contributed by atoms with E-state index in [4.69, 9.17) is 5.73 Å². The van der Waals surface area contributed by atoms with Crippen LogP contribution in [0.3, 0.4) is 0 Å². The molecular formula is C16H25ClN2OS. The highest BCUT2D eigenvalue weighted by molar-refractivity contribution is 7.14. The van der Waals surface area contributed by atoms with Gasteiger partial charge in [0.25, 0.3) is 5.91 Å². The SMILES string of the molecule is CC1CN(C(=O)c2cc3c(s2)CCCCC3)CCC1N.Cl. The van der Waals surface area contributed by atoms with Gasteiger partial charge in [0, 0.05) is 24.0 Å². The first-order valence-corrected chi connectivity index (χ1v) is 8.63. The average Bonchev–Trinajstić information content (AvgIpc) is 2.72. The van der Waals surface area contributed by atoms with Crippen molar-refractivity contribution in [2.24, 2.45) is 11.7 Å². The normalized spacial score (nSPS) is 25.7. The molecular weight excluding hydrogens is 304 g/mol. The van der Waals surface area contributed by atoms with Crippen molar-refractivity contribution in [3.63, 3.8) is 0 Å². The van der Waals surface area contributed by atoms with Crippen LogP contribution in [0.25, 0.3) is 0 Å². The zero-order valence-electron chi connectivity index (χ0n) is 12.6. The fourth-order valence-corrected chi connectivity index (χ4v) is 4.50. The first-order valence-electron chi connectivity index (χ1n) is 7.81. The van der Waals surface area contributed by atoms with Gasteiger partial charge in [-0.2, -0.15) is 0 Å². The lowest BCUT2D eigenvalue weighted by Gasteiger charge is -2.34. The number of aryl methyl sites for hydroxylation is 2. The summed E-state index contributed by atoms with van der Waals surface area (Å²) in [6.07, 6.45) is 7.11. The Balaban J connectivity index is 0.00000161. The summed E-state index contributed by atoms with van der Waals surface area (Å²) < 4.78 is 0. The van der Waals surface area contributed by atoms with E-state index in [-0.39, 0.29) is 24.4 Å². The van der Waals surface area contributed by atoms with Gasteiger partial charge in [-0.25, -0.2) is 0 Å². The highest BCUT2D eigenvalue weighted by atomic mass is 35.5. The smallest absolute Gasteiger partial charge is 0.263 e. The minimum absolute atomic E-state index is 0. The summed E-state index contributed by atoms with van der Waals surface area (Å²) in [5.74, 6) is 0.632. The summed E-state index contributed by atoms with van der Waals surface area (Å²) in [7, 11) is 0. The summed E-state index contributed by atoms with van der Waals surface area (Å²) in [5, 5.41) is 0. The summed E-state index contributed by atoms with van der Waals surface area (Å²) in [4.78, 5) is 17.0. The van der Waals surface area contributed by atoms with E-state index in [1.165, 1.54) is 29.7 Å². The van der Waals surface area contributed by atoms with Crippen LogP contribution in [-0.2, 0) is 12.8 Å². The quantitative estimate of drug-likeness (QED) is 0.804. The van der Waals surface area contributed by atoms with Crippen LogP contribution in [0.15, 0.2) is 6.07 Å². The number of hydrogen-bond acceptors (Lipinski definition) is 3. The molecule has 0 aromatic carbocycles. The van der Waals surface area contributed by atoms with E-state index in [0.29, 0.717) is 5.92 Å². The molecule has 3 rings (SSSR count). The zero-order valence-corrected chi connectivity index (χ0v) is 14.3. The molecule has 2 atom stereocenters. The number of halogens is 1. The van der Waals surface area contributed by atoms with Crippen LogP contribution in [0.2, 0.25) is 0 Å². The molecule has 1 aromatic heterocycles. The van der Waals surface area contributed by atoms with Gasteiger partial charge < -0.3 is 10.6 Å². The van der Waals surface area contributed by atoms with E-state index in [0.717, 1.165) is 37.2 Å². The topological polar surface area (TPSA) is 46.3 Å². The molecule has 21 heavy (non-hydrogen) atoms. The molecule has 1 amide bonds. The lowest BCUT2D eigenvalue weighted by Crippen LogP contribution is -2.48. The Bertz CT molecular complexity index is 479. The second kappa shape index (κ2) is 7.12. The van der Waals surface area contributed by atoms with Crippen LogP contribution in [0, 0.1) is 5.92 Å². The highest BCUT2D eigenvalue weighted by Gasteiger charge is 2.28. The third kappa shape index (κ3) is 3.61. The van der Waals surface area contributed by atoms with E-state index in [9.17, 15) is 4.79 Å². The molecule has 1 fully saturated rings. The first-order chi connectivity index (χ1) is 9.65. The van der Waals surface area contributed by atoms with Crippen molar-refractivity contribution in [1.29, 1.82) is 0 Å². The molecule has 0 saturated carbocycles. The average molecular weight is 329 g/mol. The maximum atomic E-state index is 12.7. The Morgan fingerprint density at radius 3 is 2.86 bits per heavy atom. The predicted octanol–water partition coefficient (Wildman–Crippen LogP) is 3.25. The maximum Gasteiger partial charge on any atom is 0.263 e. The summed E-state index contributed by atoms with van der Waals surface area (Å²) >= 11 is 1.73. The van der Waals surface area contributed by atoms with Crippen molar-refractivity contribution in [3.8, 4) is 0 Å². The molecule has 0 spiro atoms. The van der Waals surface area contributed by atoms with Crippen LogP contribution in [-0.4, -0.2) is 29.9 Å². The molecule has 1 aromatic rings. The zero-order chi connectivity index (χ0) is 14.1. The molecule has 1 aliphatic heterocycles. The summed E-state index contributed by atoms with van der Waals surface area (Å²) in [6.45, 7) is 3.77. The van der Waals surface area contributed by atoms with Crippen molar-refractivity contribution in [2.75, 3.05) is 13.1 Å². The van der Waals surface area contributed by atoms with Crippen molar-refractivity contribution >= 4 is 29.7 Å². The first kappa shape index (κ1) is 16.8. The van der Waals surface area contributed by atoms with Gasteiger partial charge >= 0.3 is 0 Å². The van der Waals surface area contributed by atoms with Gasteiger partial charge in [-0.15, -0.1) is 23.7 Å². The maximum absolute atomic E-state index is 12.7. The molecule has 2 aliphatic rings. The van der Waals surface area contributed by atoms with E-state index in [1.54, 1.807) is 11.3 Å². The Morgan fingerprint density at radius 1 is 1.33 bits per heavy atom. The number of carbonyl (C=O) groups is 1. The fraction of sp³-hybridized carbons (Fsp3) is 0.688. The van der Waals surface area contributed by atoms with Gasteiger partial charge in [-0.3, -0.25) is 4.79 Å². The number of amides is 1. The summed E-state index contributed by atoms with van der Waals surface area (Å²) in [5.41, 5.74) is 7.47. The third-order valence-electron chi connectivity index (χ3n) is 4.72. The van der Waals surface area contributed by atoms with Crippen LogP contribution >= 0.6 is 23.7 Å². The third-order valence-corrected chi connectivity index (χ3v) is 5.94. The molecule has 118 valence electrons. The number of rotatable bonds is 1. The lowest BCUT2D eigenvalue weighted by molar-refractivity contribution is 0.0669. The Morgan fingerprint density at radius 2 is 2.10 bits per heavy atom. The molecule has 2 heterocycles. The van der Waals surface area contributed by atoms with Crippen LogP contribution in [0.4, 0.5) is 0 Å². The molecule has 0 bridgehead atoms. The number of nitrogens with zero attached hydrogens (tertiary/aromatic N) is 1. The van der Waals surface area contributed by atoms with Crippen molar-refractivity contribution in [3.05, 3.63) is 21.4 Å². The minimum atomic E-state index is 0. The largest absolute Gasteiger partial charge is 0.338 e. The number of fused-ring (bicyclic) bond motifs is 1. The Kier molecular flexibility index (Phi) is 5.69. The predicted molar refractivity (Wildman–Crippen MR) is 90.5 cm³/mol. The molecule has 2 N–H and O–H groups in total. The monoisotopic (exact) mass is 328 g/mol. The van der Waals surface area contributed by atoms with Gasteiger partial charge in [0.2, 0.25) is 0 Å². The van der Waals surface area contributed by atoms with E-state index < -0.39 is 0 Å². The van der Waals surface area contributed by atoms with Crippen molar-refractivity contribution in [1.82, 2.24) is 4.90 Å². The van der Waals surface area contributed by atoms with E-state index in [2.05, 4.69) is 13.0 Å². The van der Waals surface area contributed by atoms with Gasteiger partial charge in [0.1, 0.15) is 0 Å². The van der Waals surface area contributed by atoms with Gasteiger partial charge in [-0.05, 0) is 49.7 Å². The highest BCUT2D eigenvalue weighted by Crippen LogP contribution is 2.30. The van der Waals surface area contributed by atoms with Gasteiger partial charge in [0.15, 0.2) is 0 Å². The van der Waals surface area contributed by atoms with Gasteiger partial charge in [-0.1, -0.05) is 13.3 Å². The lowest BCUT2D eigenvalue weighted by atomic mass is 9.95. The van der Waals surface area contributed by atoms with Crippen LogP contribution in [0.5, 0.6) is 0 Å². The number of nitrogens with two attached hydrogens (primary N) is 1. The number of thiophene rings is 1. The van der Waals surface area contributed by atoms with Gasteiger partial charge in [0.05, 0.1) is 4.88 Å². The van der Waals surface area contributed by atoms with E-state index >= 15 is 0 Å². The Labute approximate surface area is 137 Å². The minimum Gasteiger partial charge on any atom is -0.338 e. The molecule has 0 radical (unpaired) electrons. The van der Waals surface area contributed by atoms with E-state index in [1.807, 2.05) is 4.90 Å². The number of hydrogen-bond donors (Lipinski definition) is 1. The van der Waals surface area contributed by atoms with Crippen LogP contribution in [0.1, 0.15) is 52.7 Å². The van der Waals surface area contributed by atoms with Crippen molar-refractivity contribution < 1.29 is 4.79 Å². The molecule has 5 heteroatoms. The molecule has 3 nitrogen and oxygen atoms in total. The second-order valence-electron chi connectivity index (χ2n) is 6.30. The van der Waals surface area contributed by atoms with Crippen LogP contribution < -0.4 is 5.73 Å². The fourth-order valence-electron chi connectivity index (χ4n) is 3.28. The van der Waals surface area contributed by atoms with Crippen molar-refractivity contribution in [2.45, 2.75) is 51.5 Å². The summed E-state index contributed by atoms with van der Waals surface area (Å²) in [6, 6.07) is 2.41. The number of piperidine rings is 1. The number of likely N-dealkylation sites (tertiary alicyclic amines) is 1.